The van der Waals surface area contributed by atoms with Crippen LogP contribution in [0.1, 0.15) is 15.9 Å². The van der Waals surface area contributed by atoms with Gasteiger partial charge in [0.25, 0.3) is 5.91 Å². The normalized spacial score (nSPS) is 10.3. The number of tetrazole rings is 1. The third-order valence-electron chi connectivity index (χ3n) is 2.29. The van der Waals surface area contributed by atoms with Crippen LogP contribution in [0.2, 0.25) is 0 Å². The van der Waals surface area contributed by atoms with Crippen molar-refractivity contribution in [2.45, 2.75) is 6.92 Å². The Morgan fingerprint density at radius 2 is 2.24 bits per heavy atom. The molecule has 0 aliphatic heterocycles. The van der Waals surface area contributed by atoms with Gasteiger partial charge in [-0.2, -0.15) is 0 Å². The number of amides is 1. The van der Waals surface area contributed by atoms with Crippen LogP contribution >= 0.6 is 0 Å². The third kappa shape index (κ3) is 2.12. The zero-order valence-electron chi connectivity index (χ0n) is 9.31. The van der Waals surface area contributed by atoms with Crippen molar-refractivity contribution in [2.75, 3.05) is 5.32 Å². The maximum absolute atomic E-state index is 13.5. The summed E-state index contributed by atoms with van der Waals surface area (Å²) in [5.41, 5.74) is 0.549. The minimum Gasteiger partial charge on any atom is -0.289 e. The number of nitrogens with zero attached hydrogens (tertiary/aromatic N) is 4. The van der Waals surface area contributed by atoms with Crippen LogP contribution in [0.4, 0.5) is 10.3 Å². The summed E-state index contributed by atoms with van der Waals surface area (Å²) in [6.45, 7) is 1.66. The van der Waals surface area contributed by atoms with E-state index in [1.54, 1.807) is 26.1 Å². The Morgan fingerprint density at radius 1 is 1.47 bits per heavy atom. The number of aryl methyl sites for hydroxylation is 2. The van der Waals surface area contributed by atoms with Crippen molar-refractivity contribution < 1.29 is 9.18 Å². The van der Waals surface area contributed by atoms with Gasteiger partial charge in [0.05, 0.1) is 5.56 Å². The predicted molar refractivity (Wildman–Crippen MR) is 57.9 cm³/mol. The molecule has 0 atom stereocenters. The molecule has 6 nitrogen and oxygen atoms in total. The number of benzene rings is 1. The summed E-state index contributed by atoms with van der Waals surface area (Å²) in [4.78, 5) is 11.8. The van der Waals surface area contributed by atoms with Crippen molar-refractivity contribution in [2.24, 2.45) is 7.05 Å². The van der Waals surface area contributed by atoms with Gasteiger partial charge >= 0.3 is 0 Å². The zero-order chi connectivity index (χ0) is 12.4. The molecule has 1 amide bonds. The van der Waals surface area contributed by atoms with E-state index in [4.69, 9.17) is 0 Å². The second-order valence-electron chi connectivity index (χ2n) is 3.51. The summed E-state index contributed by atoms with van der Waals surface area (Å²) in [6, 6.07) is 4.44. The molecule has 0 spiro atoms. The largest absolute Gasteiger partial charge is 0.289 e. The lowest BCUT2D eigenvalue weighted by atomic mass is 10.1. The summed E-state index contributed by atoms with van der Waals surface area (Å²) in [5, 5.41) is 12.9. The molecular formula is C10H10FN5O. The average Bonchev–Trinajstić information content (AvgIpc) is 2.64. The average molecular weight is 235 g/mol. The van der Waals surface area contributed by atoms with Gasteiger partial charge in [0.2, 0.25) is 5.95 Å². The Balaban J connectivity index is 2.30. The lowest BCUT2D eigenvalue weighted by Crippen LogP contribution is -2.18. The van der Waals surface area contributed by atoms with Gasteiger partial charge in [0.1, 0.15) is 5.82 Å². The van der Waals surface area contributed by atoms with Crippen LogP contribution in [0.5, 0.6) is 0 Å². The fraction of sp³-hybridized carbons (Fsp3) is 0.200. The summed E-state index contributed by atoms with van der Waals surface area (Å²) >= 11 is 0. The van der Waals surface area contributed by atoms with Gasteiger partial charge < -0.3 is 0 Å². The number of hydrogen-bond acceptors (Lipinski definition) is 4. The minimum absolute atomic E-state index is 0.00417. The molecule has 0 saturated carbocycles. The second-order valence-corrected chi connectivity index (χ2v) is 3.51. The first-order chi connectivity index (χ1) is 8.09. The van der Waals surface area contributed by atoms with Crippen molar-refractivity contribution in [3.8, 4) is 0 Å². The molecule has 0 aliphatic carbocycles. The lowest BCUT2D eigenvalue weighted by molar-refractivity contribution is 0.102. The molecule has 1 N–H and O–H groups in total. The smallest absolute Gasteiger partial charge is 0.261 e. The summed E-state index contributed by atoms with van der Waals surface area (Å²) < 4.78 is 14.8. The van der Waals surface area contributed by atoms with Crippen molar-refractivity contribution in [3.63, 3.8) is 0 Å². The van der Waals surface area contributed by atoms with Gasteiger partial charge in [-0.05, 0) is 29.0 Å². The van der Waals surface area contributed by atoms with Crippen LogP contribution in [0, 0.1) is 12.7 Å². The van der Waals surface area contributed by atoms with Crippen LogP contribution in [0.3, 0.4) is 0 Å². The Morgan fingerprint density at radius 3 is 2.82 bits per heavy atom. The molecule has 1 heterocycles. The second kappa shape index (κ2) is 4.28. The first-order valence-electron chi connectivity index (χ1n) is 4.88. The number of nitrogens with one attached hydrogen (secondary N) is 1. The molecule has 88 valence electrons. The maximum atomic E-state index is 13.5. The molecule has 0 bridgehead atoms. The van der Waals surface area contributed by atoms with Gasteiger partial charge in [0.15, 0.2) is 0 Å². The number of aromatic nitrogens is 4. The number of carbonyl (C=O) groups is 1. The molecule has 2 rings (SSSR count). The first-order valence-corrected chi connectivity index (χ1v) is 4.88. The fourth-order valence-electron chi connectivity index (χ4n) is 1.42. The fourth-order valence-corrected chi connectivity index (χ4v) is 1.42. The maximum Gasteiger partial charge on any atom is 0.261 e. The van der Waals surface area contributed by atoms with Crippen molar-refractivity contribution in [1.82, 2.24) is 20.2 Å². The number of hydrogen-bond donors (Lipinski definition) is 1. The van der Waals surface area contributed by atoms with E-state index in [0.29, 0.717) is 5.56 Å². The summed E-state index contributed by atoms with van der Waals surface area (Å²) in [5.74, 6) is -0.978. The van der Waals surface area contributed by atoms with Gasteiger partial charge in [0, 0.05) is 7.05 Å². The number of rotatable bonds is 2. The van der Waals surface area contributed by atoms with Crippen LogP contribution in [0.25, 0.3) is 0 Å². The van der Waals surface area contributed by atoms with Crippen LogP contribution in [-0.2, 0) is 7.05 Å². The van der Waals surface area contributed by atoms with E-state index in [0.717, 1.165) is 0 Å². The number of carbonyl (C=O) groups excluding carboxylic acids is 1. The molecule has 0 aliphatic rings. The molecule has 1 aromatic carbocycles. The monoisotopic (exact) mass is 235 g/mol. The van der Waals surface area contributed by atoms with E-state index < -0.39 is 11.7 Å². The number of halogens is 1. The Kier molecular flexibility index (Phi) is 2.82. The highest BCUT2D eigenvalue weighted by Crippen LogP contribution is 2.14. The summed E-state index contributed by atoms with van der Waals surface area (Å²) in [6.07, 6.45) is 0. The van der Waals surface area contributed by atoms with Gasteiger partial charge in [-0.1, -0.05) is 17.2 Å². The molecule has 2 aromatic rings. The van der Waals surface area contributed by atoms with E-state index in [-0.39, 0.29) is 11.5 Å². The molecular weight excluding hydrogens is 225 g/mol. The van der Waals surface area contributed by atoms with E-state index in [9.17, 15) is 9.18 Å². The summed E-state index contributed by atoms with van der Waals surface area (Å²) in [7, 11) is 1.57. The quantitative estimate of drug-likeness (QED) is 0.839. The van der Waals surface area contributed by atoms with Crippen molar-refractivity contribution >= 4 is 11.9 Å². The topological polar surface area (TPSA) is 72.7 Å². The van der Waals surface area contributed by atoms with Gasteiger partial charge in [-0.3, -0.25) is 10.1 Å². The third-order valence-corrected chi connectivity index (χ3v) is 2.29. The molecule has 0 radical (unpaired) electrons. The van der Waals surface area contributed by atoms with Crippen LogP contribution in [0.15, 0.2) is 18.2 Å². The van der Waals surface area contributed by atoms with E-state index >= 15 is 0 Å². The zero-order valence-corrected chi connectivity index (χ0v) is 9.31. The molecule has 7 heteroatoms. The van der Waals surface area contributed by atoms with Gasteiger partial charge in [-0.25, -0.2) is 9.07 Å². The Bertz CT molecular complexity index is 545. The highest BCUT2D eigenvalue weighted by atomic mass is 19.1. The molecule has 0 saturated heterocycles. The van der Waals surface area contributed by atoms with Gasteiger partial charge in [-0.15, -0.1) is 0 Å². The highest BCUT2D eigenvalue weighted by Gasteiger charge is 2.16. The highest BCUT2D eigenvalue weighted by molar-refractivity contribution is 6.04. The molecule has 17 heavy (non-hydrogen) atoms. The van der Waals surface area contributed by atoms with E-state index in [1.807, 2.05) is 0 Å². The van der Waals surface area contributed by atoms with Crippen LogP contribution < -0.4 is 5.32 Å². The predicted octanol–water partition coefficient (Wildman–Crippen LogP) is 0.910. The van der Waals surface area contributed by atoms with E-state index in [2.05, 4.69) is 20.8 Å². The SMILES string of the molecule is Cc1cccc(F)c1C(=O)Nc1nnnn1C. The van der Waals surface area contributed by atoms with Crippen molar-refractivity contribution in [1.29, 1.82) is 0 Å². The lowest BCUT2D eigenvalue weighted by Gasteiger charge is -2.06. The molecule has 0 fully saturated rings. The Hall–Kier alpha value is -2.31. The van der Waals surface area contributed by atoms with Crippen LogP contribution in [-0.4, -0.2) is 26.1 Å². The minimum atomic E-state index is -0.572. The van der Waals surface area contributed by atoms with E-state index in [1.165, 1.54) is 10.7 Å². The Labute approximate surface area is 96.4 Å². The van der Waals surface area contributed by atoms with Crippen molar-refractivity contribution in [3.05, 3.63) is 35.1 Å². The molecule has 0 unspecified atom stereocenters. The molecule has 1 aromatic heterocycles. The first kappa shape index (κ1) is 11.2. The number of anilines is 1. The standard InChI is InChI=1S/C10H10FN5O/c1-6-4-3-5-7(11)8(6)9(17)12-10-13-14-15-16(10)2/h3-5H,1-2H3,(H,12,13,15,17).